The van der Waals surface area contributed by atoms with Crippen molar-refractivity contribution in [3.63, 3.8) is 0 Å². The van der Waals surface area contributed by atoms with E-state index in [9.17, 15) is 4.79 Å². The van der Waals surface area contributed by atoms with Gasteiger partial charge in [-0.2, -0.15) is 0 Å². The van der Waals surface area contributed by atoms with Crippen LogP contribution in [-0.4, -0.2) is 19.2 Å². The van der Waals surface area contributed by atoms with Gasteiger partial charge in [-0.25, -0.2) is 4.79 Å². The summed E-state index contributed by atoms with van der Waals surface area (Å²) in [4.78, 5) is 11.8. The first-order valence-electron chi connectivity index (χ1n) is 7.40. The fourth-order valence-electron chi connectivity index (χ4n) is 2.58. The molecule has 1 aromatic carbocycles. The molecule has 1 fully saturated rings. The predicted octanol–water partition coefficient (Wildman–Crippen LogP) is 3.40. The van der Waals surface area contributed by atoms with Crippen LogP contribution in [0, 0.1) is 5.92 Å². The molecule has 4 heteroatoms. The molecule has 0 bridgehead atoms. The third kappa shape index (κ3) is 3.89. The highest BCUT2D eigenvalue weighted by molar-refractivity contribution is 5.95. The normalized spacial score (nSPS) is 15.8. The summed E-state index contributed by atoms with van der Waals surface area (Å²) >= 11 is 0. The van der Waals surface area contributed by atoms with Crippen molar-refractivity contribution in [1.29, 1.82) is 0 Å². The van der Waals surface area contributed by atoms with Crippen LogP contribution in [0.25, 0.3) is 0 Å². The van der Waals surface area contributed by atoms with Crippen LogP contribution in [0.1, 0.15) is 49.4 Å². The number of benzene rings is 1. The van der Waals surface area contributed by atoms with Gasteiger partial charge in [0.1, 0.15) is 5.75 Å². The minimum absolute atomic E-state index is 0.339. The molecule has 110 valence electrons. The Balaban J connectivity index is 1.97. The minimum atomic E-state index is -0.395. The van der Waals surface area contributed by atoms with Crippen LogP contribution in [0.4, 0.5) is 5.69 Å². The lowest BCUT2D eigenvalue weighted by molar-refractivity contribution is 0.0527. The van der Waals surface area contributed by atoms with Crippen molar-refractivity contribution < 1.29 is 14.3 Å². The second kappa shape index (κ2) is 7.17. The van der Waals surface area contributed by atoms with Crippen LogP contribution < -0.4 is 10.5 Å². The van der Waals surface area contributed by atoms with Crippen LogP contribution >= 0.6 is 0 Å². The molecule has 0 aromatic heterocycles. The largest absolute Gasteiger partial charge is 0.493 e. The fraction of sp³-hybridized carbons (Fsp3) is 0.562. The Morgan fingerprint density at radius 1 is 1.30 bits per heavy atom. The highest BCUT2D eigenvalue weighted by Crippen LogP contribution is 2.26. The van der Waals surface area contributed by atoms with Crippen molar-refractivity contribution in [2.24, 2.45) is 5.92 Å². The first-order chi connectivity index (χ1) is 9.70. The van der Waals surface area contributed by atoms with Gasteiger partial charge >= 0.3 is 5.97 Å². The molecule has 2 N–H and O–H groups in total. The van der Waals surface area contributed by atoms with E-state index >= 15 is 0 Å². The Morgan fingerprint density at radius 3 is 2.75 bits per heavy atom. The molecule has 0 aliphatic heterocycles. The molecule has 1 aliphatic carbocycles. The molecule has 0 spiro atoms. The Kier molecular flexibility index (Phi) is 5.27. The summed E-state index contributed by atoms with van der Waals surface area (Å²) in [7, 11) is 0. The van der Waals surface area contributed by atoms with Crippen molar-refractivity contribution in [2.75, 3.05) is 18.9 Å². The van der Waals surface area contributed by atoms with Crippen LogP contribution in [0.3, 0.4) is 0 Å². The average molecular weight is 277 g/mol. The molecule has 0 unspecified atom stereocenters. The van der Waals surface area contributed by atoms with E-state index in [1.807, 2.05) is 0 Å². The van der Waals surface area contributed by atoms with E-state index < -0.39 is 5.97 Å². The lowest BCUT2D eigenvalue weighted by Gasteiger charge is -2.21. The first-order valence-corrected chi connectivity index (χ1v) is 7.40. The highest BCUT2D eigenvalue weighted by atomic mass is 16.5. The molecule has 0 atom stereocenters. The van der Waals surface area contributed by atoms with E-state index in [-0.39, 0.29) is 0 Å². The zero-order chi connectivity index (χ0) is 14.4. The molecule has 4 nitrogen and oxygen atoms in total. The molecule has 0 heterocycles. The van der Waals surface area contributed by atoms with Crippen LogP contribution in [0.5, 0.6) is 5.75 Å². The standard InChI is InChI=1S/C16H23NO3/c1-2-19-16(18)14-10-13(8-9-15(14)17)20-11-12-6-4-3-5-7-12/h8-10,12H,2-7,11,17H2,1H3. The second-order valence-electron chi connectivity index (χ2n) is 5.28. The number of carbonyl (C=O) groups is 1. The van der Waals surface area contributed by atoms with E-state index in [1.165, 1.54) is 32.1 Å². The fourth-order valence-corrected chi connectivity index (χ4v) is 2.58. The maximum absolute atomic E-state index is 11.8. The molecule has 1 aromatic rings. The predicted molar refractivity (Wildman–Crippen MR) is 78.9 cm³/mol. The van der Waals surface area contributed by atoms with Gasteiger partial charge in [0, 0.05) is 5.69 Å². The van der Waals surface area contributed by atoms with Gasteiger partial charge in [0.2, 0.25) is 0 Å². The van der Waals surface area contributed by atoms with Gasteiger partial charge in [-0.3, -0.25) is 0 Å². The van der Waals surface area contributed by atoms with Gasteiger partial charge in [0.25, 0.3) is 0 Å². The highest BCUT2D eigenvalue weighted by Gasteiger charge is 2.15. The Bertz CT molecular complexity index is 453. The molecular formula is C16H23NO3. The summed E-state index contributed by atoms with van der Waals surface area (Å²) < 4.78 is 10.8. The molecule has 20 heavy (non-hydrogen) atoms. The van der Waals surface area contributed by atoms with Gasteiger partial charge in [0.05, 0.1) is 18.8 Å². The molecular weight excluding hydrogens is 254 g/mol. The molecule has 2 rings (SSSR count). The Labute approximate surface area is 120 Å². The molecule has 1 saturated carbocycles. The van der Waals surface area contributed by atoms with Crippen LogP contribution in [0.15, 0.2) is 18.2 Å². The quantitative estimate of drug-likeness (QED) is 0.662. The molecule has 0 amide bonds. The van der Waals surface area contributed by atoms with Crippen molar-refractivity contribution in [1.82, 2.24) is 0 Å². The lowest BCUT2D eigenvalue weighted by Crippen LogP contribution is -2.15. The average Bonchev–Trinajstić information content (AvgIpc) is 2.47. The van der Waals surface area contributed by atoms with Crippen molar-refractivity contribution in [2.45, 2.75) is 39.0 Å². The van der Waals surface area contributed by atoms with Crippen LogP contribution in [-0.2, 0) is 4.74 Å². The lowest BCUT2D eigenvalue weighted by atomic mass is 9.90. The summed E-state index contributed by atoms with van der Waals surface area (Å²) in [5.41, 5.74) is 6.61. The number of nitrogens with two attached hydrogens (primary N) is 1. The summed E-state index contributed by atoms with van der Waals surface area (Å²) in [6, 6.07) is 5.18. The summed E-state index contributed by atoms with van der Waals surface area (Å²) in [5.74, 6) is 0.924. The van der Waals surface area contributed by atoms with Crippen molar-refractivity contribution >= 4 is 11.7 Å². The second-order valence-corrected chi connectivity index (χ2v) is 5.28. The van der Waals surface area contributed by atoms with Gasteiger partial charge in [0.15, 0.2) is 0 Å². The summed E-state index contributed by atoms with van der Waals surface area (Å²) in [6.45, 7) is 2.83. The summed E-state index contributed by atoms with van der Waals surface area (Å²) in [6.07, 6.45) is 6.40. The minimum Gasteiger partial charge on any atom is -0.493 e. The smallest absolute Gasteiger partial charge is 0.340 e. The zero-order valence-corrected chi connectivity index (χ0v) is 12.1. The van der Waals surface area contributed by atoms with Gasteiger partial charge in [-0.15, -0.1) is 0 Å². The van der Waals surface area contributed by atoms with E-state index in [2.05, 4.69) is 0 Å². The molecule has 0 radical (unpaired) electrons. The third-order valence-corrected chi connectivity index (χ3v) is 3.73. The SMILES string of the molecule is CCOC(=O)c1cc(OCC2CCCCC2)ccc1N. The number of hydrogen-bond donors (Lipinski definition) is 1. The number of rotatable bonds is 5. The maximum Gasteiger partial charge on any atom is 0.340 e. The Hall–Kier alpha value is -1.71. The monoisotopic (exact) mass is 277 g/mol. The van der Waals surface area contributed by atoms with Gasteiger partial charge in [-0.1, -0.05) is 19.3 Å². The molecule has 1 aliphatic rings. The zero-order valence-electron chi connectivity index (χ0n) is 12.1. The number of ether oxygens (including phenoxy) is 2. The van der Waals surface area contributed by atoms with Crippen LogP contribution in [0.2, 0.25) is 0 Å². The molecule has 0 saturated heterocycles. The Morgan fingerprint density at radius 2 is 2.05 bits per heavy atom. The van der Waals surface area contributed by atoms with Gasteiger partial charge in [-0.05, 0) is 43.9 Å². The van der Waals surface area contributed by atoms with E-state index in [1.54, 1.807) is 25.1 Å². The van der Waals surface area contributed by atoms with Crippen molar-refractivity contribution in [3.05, 3.63) is 23.8 Å². The van der Waals surface area contributed by atoms with E-state index in [0.717, 1.165) is 0 Å². The number of hydrogen-bond acceptors (Lipinski definition) is 4. The number of carbonyl (C=O) groups excluding carboxylic acids is 1. The third-order valence-electron chi connectivity index (χ3n) is 3.73. The first kappa shape index (κ1) is 14.7. The summed E-state index contributed by atoms with van der Waals surface area (Å²) in [5, 5.41) is 0. The number of esters is 1. The van der Waals surface area contributed by atoms with E-state index in [4.69, 9.17) is 15.2 Å². The topological polar surface area (TPSA) is 61.5 Å². The van der Waals surface area contributed by atoms with Crippen molar-refractivity contribution in [3.8, 4) is 5.75 Å². The number of anilines is 1. The number of nitrogen functional groups attached to an aromatic ring is 1. The van der Waals surface area contributed by atoms with E-state index in [0.29, 0.717) is 36.1 Å². The van der Waals surface area contributed by atoms with Gasteiger partial charge < -0.3 is 15.2 Å². The maximum atomic E-state index is 11.8.